The number of carbonyl (C=O) groups is 1. The van der Waals surface area contributed by atoms with Gasteiger partial charge in [-0.25, -0.2) is 9.37 Å². The third-order valence-corrected chi connectivity index (χ3v) is 6.43. The van der Waals surface area contributed by atoms with E-state index in [-0.39, 0.29) is 34.8 Å². The smallest absolute Gasteiger partial charge is 0.406 e. The van der Waals surface area contributed by atoms with E-state index in [1.807, 2.05) is 6.07 Å². The zero-order valence-electron chi connectivity index (χ0n) is 18.0. The summed E-state index contributed by atoms with van der Waals surface area (Å²) in [5.41, 5.74) is 8.02. The molecular weight excluding hydrogens is 456 g/mol. The van der Waals surface area contributed by atoms with Crippen LogP contribution in [0.15, 0.2) is 30.5 Å². The summed E-state index contributed by atoms with van der Waals surface area (Å²) in [5.74, 6) is -1.10. The van der Waals surface area contributed by atoms with Crippen molar-refractivity contribution in [2.24, 2.45) is 0 Å². The maximum atomic E-state index is 14.8. The number of nitrogens with one attached hydrogen (secondary N) is 1. The highest BCUT2D eigenvalue weighted by molar-refractivity contribution is 5.99. The molecule has 0 unspecified atom stereocenters. The van der Waals surface area contributed by atoms with E-state index in [9.17, 15) is 22.4 Å². The highest BCUT2D eigenvalue weighted by Crippen LogP contribution is 2.37. The number of ether oxygens (including phenoxy) is 2. The van der Waals surface area contributed by atoms with Gasteiger partial charge in [0, 0.05) is 47.4 Å². The summed E-state index contributed by atoms with van der Waals surface area (Å²) >= 11 is 0. The number of H-pyrrole nitrogens is 1. The number of aromatic amines is 1. The lowest BCUT2D eigenvalue weighted by molar-refractivity contribution is -0.274. The van der Waals surface area contributed by atoms with Crippen LogP contribution in [0.5, 0.6) is 5.75 Å². The average molecular weight is 478 g/mol. The van der Waals surface area contributed by atoms with Crippen molar-refractivity contribution in [1.82, 2.24) is 14.9 Å². The van der Waals surface area contributed by atoms with E-state index in [0.29, 0.717) is 50.4 Å². The normalized spacial score (nSPS) is 17.7. The summed E-state index contributed by atoms with van der Waals surface area (Å²) in [6.45, 7) is 1.97. The van der Waals surface area contributed by atoms with Crippen LogP contribution in [0.4, 0.5) is 23.2 Å². The van der Waals surface area contributed by atoms with Crippen LogP contribution in [0.2, 0.25) is 0 Å². The summed E-state index contributed by atoms with van der Waals surface area (Å²) in [6.07, 6.45) is -2.56. The fourth-order valence-corrected chi connectivity index (χ4v) is 4.61. The van der Waals surface area contributed by atoms with E-state index >= 15 is 0 Å². The fourth-order valence-electron chi connectivity index (χ4n) is 4.61. The molecule has 0 bridgehead atoms. The molecule has 2 fully saturated rings. The fraction of sp³-hybridized carbons (Fsp3) is 0.391. The summed E-state index contributed by atoms with van der Waals surface area (Å²) in [7, 11) is 0. The number of benzene rings is 1. The molecule has 0 aliphatic carbocycles. The topological polar surface area (TPSA) is 93.5 Å². The minimum Gasteiger partial charge on any atom is -0.406 e. The van der Waals surface area contributed by atoms with E-state index in [4.69, 9.17) is 10.5 Å². The Morgan fingerprint density at radius 2 is 1.91 bits per heavy atom. The molecule has 3 N–H and O–H groups in total. The Bertz CT molecular complexity index is 1230. The summed E-state index contributed by atoms with van der Waals surface area (Å²) in [4.78, 5) is 22.0. The van der Waals surface area contributed by atoms with Crippen LogP contribution < -0.4 is 10.5 Å². The van der Waals surface area contributed by atoms with E-state index in [0.717, 1.165) is 23.2 Å². The minimum atomic E-state index is -4.85. The maximum absolute atomic E-state index is 14.8. The molecular formula is C23H22F4N4O3. The van der Waals surface area contributed by atoms with Crippen LogP contribution in [0.1, 0.15) is 46.3 Å². The van der Waals surface area contributed by atoms with E-state index in [1.165, 1.54) is 12.3 Å². The van der Waals surface area contributed by atoms with Crippen molar-refractivity contribution < 1.29 is 31.8 Å². The lowest BCUT2D eigenvalue weighted by Gasteiger charge is -2.33. The number of nitrogens with zero attached hydrogens (tertiary/aromatic N) is 2. The second kappa shape index (κ2) is 8.46. The Labute approximate surface area is 191 Å². The molecule has 2 saturated heterocycles. The molecule has 2 aliphatic rings. The molecule has 2 aromatic heterocycles. The predicted octanol–water partition coefficient (Wildman–Crippen LogP) is 4.32. The number of piperidine rings is 1. The molecule has 7 nitrogen and oxygen atoms in total. The van der Waals surface area contributed by atoms with Crippen LogP contribution in [0.25, 0.3) is 11.0 Å². The number of aromatic nitrogens is 2. The minimum absolute atomic E-state index is 0.100. The van der Waals surface area contributed by atoms with Crippen molar-refractivity contribution in [3.05, 3.63) is 53.1 Å². The molecule has 34 heavy (non-hydrogen) atoms. The number of amides is 1. The Morgan fingerprint density at radius 1 is 1.18 bits per heavy atom. The van der Waals surface area contributed by atoms with E-state index in [2.05, 4.69) is 14.7 Å². The van der Waals surface area contributed by atoms with Crippen molar-refractivity contribution in [2.75, 3.05) is 32.0 Å². The average Bonchev–Trinajstić information content (AvgIpc) is 3.14. The number of likely N-dealkylation sites (tertiary alicyclic amines) is 1. The summed E-state index contributed by atoms with van der Waals surface area (Å²) in [6, 6.07) is 5.20. The van der Waals surface area contributed by atoms with Crippen molar-refractivity contribution in [1.29, 1.82) is 0 Å². The molecule has 0 saturated carbocycles. The van der Waals surface area contributed by atoms with Gasteiger partial charge in [-0.05, 0) is 37.0 Å². The molecule has 0 atom stereocenters. The van der Waals surface area contributed by atoms with Gasteiger partial charge in [-0.1, -0.05) is 0 Å². The van der Waals surface area contributed by atoms with Gasteiger partial charge in [0.05, 0.1) is 25.0 Å². The number of nitrogens with two attached hydrogens (primary N) is 1. The lowest BCUT2D eigenvalue weighted by atomic mass is 9.87. The number of carbonyl (C=O) groups excluding carboxylic acids is 1. The Balaban J connectivity index is 1.30. The number of hydrogen-bond donors (Lipinski definition) is 2. The number of alkyl halides is 3. The number of fused-ring (bicyclic) bond motifs is 1. The monoisotopic (exact) mass is 478 g/mol. The molecule has 5 rings (SSSR count). The standard InChI is InChI=1S/C23H22F4N4O3/c24-17-9-29-21-16(8-19(30-21)13-10-33-11-13)20(17)12-3-5-31(6-4-12)22(32)15-2-1-14(7-18(15)28)34-23(25,26)27/h1-2,7-9,12-13H,3-6,10-11,28H2,(H,29,30). The molecule has 1 amide bonds. The third kappa shape index (κ3) is 4.27. The SMILES string of the molecule is Nc1cc(OC(F)(F)F)ccc1C(=O)N1CCC(c2c(F)cnc3[nH]c(C4COC4)cc23)CC1. The Morgan fingerprint density at radius 3 is 2.53 bits per heavy atom. The van der Waals surface area contributed by atoms with Crippen LogP contribution in [0, 0.1) is 5.82 Å². The molecule has 3 aromatic rings. The van der Waals surface area contributed by atoms with E-state index in [1.54, 1.807) is 4.90 Å². The summed E-state index contributed by atoms with van der Waals surface area (Å²) < 4.78 is 61.2. The van der Waals surface area contributed by atoms with Crippen molar-refractivity contribution in [3.8, 4) is 5.75 Å². The Hall–Kier alpha value is -3.34. The zero-order chi connectivity index (χ0) is 24.0. The van der Waals surface area contributed by atoms with Gasteiger partial charge >= 0.3 is 6.36 Å². The van der Waals surface area contributed by atoms with Crippen LogP contribution in [-0.4, -0.2) is 53.4 Å². The molecule has 180 valence electrons. The molecule has 2 aliphatic heterocycles. The summed E-state index contributed by atoms with van der Waals surface area (Å²) in [5, 5.41) is 0.746. The van der Waals surface area contributed by atoms with Crippen molar-refractivity contribution >= 4 is 22.6 Å². The van der Waals surface area contributed by atoms with Crippen molar-refractivity contribution in [3.63, 3.8) is 0 Å². The van der Waals surface area contributed by atoms with Crippen LogP contribution in [-0.2, 0) is 4.74 Å². The number of halogens is 4. The first-order chi connectivity index (χ1) is 16.2. The first-order valence-corrected chi connectivity index (χ1v) is 10.9. The largest absolute Gasteiger partial charge is 0.573 e. The highest BCUT2D eigenvalue weighted by Gasteiger charge is 2.32. The molecule has 0 spiro atoms. The maximum Gasteiger partial charge on any atom is 0.573 e. The first kappa shape index (κ1) is 22.5. The first-order valence-electron chi connectivity index (χ1n) is 10.9. The van der Waals surface area contributed by atoms with Crippen molar-refractivity contribution in [2.45, 2.75) is 31.0 Å². The molecule has 4 heterocycles. The van der Waals surface area contributed by atoms with Gasteiger partial charge in [-0.15, -0.1) is 13.2 Å². The van der Waals surface area contributed by atoms with Gasteiger partial charge in [0.1, 0.15) is 17.2 Å². The van der Waals surface area contributed by atoms with E-state index < -0.39 is 12.1 Å². The second-order valence-electron chi connectivity index (χ2n) is 8.60. The molecule has 11 heteroatoms. The van der Waals surface area contributed by atoms with Gasteiger partial charge in [0.2, 0.25) is 0 Å². The number of anilines is 1. The highest BCUT2D eigenvalue weighted by atomic mass is 19.4. The number of rotatable bonds is 4. The van der Waals surface area contributed by atoms with Gasteiger partial charge in [0.15, 0.2) is 0 Å². The van der Waals surface area contributed by atoms with Crippen LogP contribution >= 0.6 is 0 Å². The van der Waals surface area contributed by atoms with Gasteiger partial charge < -0.3 is 25.1 Å². The third-order valence-electron chi connectivity index (χ3n) is 6.43. The lowest BCUT2D eigenvalue weighted by Crippen LogP contribution is -2.38. The second-order valence-corrected chi connectivity index (χ2v) is 8.60. The number of hydrogen-bond acceptors (Lipinski definition) is 5. The van der Waals surface area contributed by atoms with Crippen LogP contribution in [0.3, 0.4) is 0 Å². The van der Waals surface area contributed by atoms with Gasteiger partial charge in [0.25, 0.3) is 5.91 Å². The quantitative estimate of drug-likeness (QED) is 0.431. The number of nitrogen functional groups attached to an aromatic ring is 1. The Kier molecular flexibility index (Phi) is 5.59. The van der Waals surface area contributed by atoms with Gasteiger partial charge in [-0.3, -0.25) is 4.79 Å². The zero-order valence-corrected chi connectivity index (χ0v) is 18.0. The number of pyridine rings is 1. The predicted molar refractivity (Wildman–Crippen MR) is 115 cm³/mol. The molecule has 0 radical (unpaired) electrons. The molecule has 1 aromatic carbocycles. The van der Waals surface area contributed by atoms with Gasteiger partial charge in [-0.2, -0.15) is 0 Å².